The fourth-order valence-corrected chi connectivity index (χ4v) is 3.83. The van der Waals surface area contributed by atoms with Crippen molar-refractivity contribution in [3.63, 3.8) is 0 Å². The molecule has 1 spiro atoms. The first kappa shape index (κ1) is 16.5. The molecule has 5 nitrogen and oxygen atoms in total. The predicted octanol–water partition coefficient (Wildman–Crippen LogP) is 2.12. The highest BCUT2D eigenvalue weighted by Crippen LogP contribution is 2.47. The van der Waals surface area contributed by atoms with Crippen LogP contribution in [0.3, 0.4) is 0 Å². The van der Waals surface area contributed by atoms with Gasteiger partial charge in [-0.1, -0.05) is 13.8 Å². The van der Waals surface area contributed by atoms with Gasteiger partial charge in [-0.25, -0.2) is 4.39 Å². The van der Waals surface area contributed by atoms with E-state index >= 15 is 0 Å². The number of halogens is 1. The van der Waals surface area contributed by atoms with Crippen molar-refractivity contribution >= 4 is 11.7 Å². The van der Waals surface area contributed by atoms with Crippen LogP contribution in [0.4, 0.5) is 4.39 Å². The number of Topliss-reactive ketones (excluding diaryl/α,β-unsaturated/α-hetero) is 1. The molecule has 1 heterocycles. The molecule has 24 heavy (non-hydrogen) atoms. The highest BCUT2D eigenvalue weighted by atomic mass is 19.1. The third-order valence-electron chi connectivity index (χ3n) is 4.83. The highest BCUT2D eigenvalue weighted by Gasteiger charge is 2.51. The Labute approximate surface area is 140 Å². The SMILES string of the molecule is COc1cc(C(=O)N2CC3(C=C(N)C(=O)C(C)(C)C3)C2)ccc1F. The second-order valence-corrected chi connectivity index (χ2v) is 7.36. The number of likely N-dealkylation sites (tertiary alicyclic amines) is 1. The smallest absolute Gasteiger partial charge is 0.254 e. The van der Waals surface area contributed by atoms with Crippen molar-refractivity contribution in [1.82, 2.24) is 4.90 Å². The number of benzene rings is 1. The molecule has 3 rings (SSSR count). The molecule has 6 heteroatoms. The van der Waals surface area contributed by atoms with Gasteiger partial charge < -0.3 is 15.4 Å². The molecule has 128 valence electrons. The molecule has 1 aliphatic heterocycles. The third kappa shape index (κ3) is 2.56. The Morgan fingerprint density at radius 2 is 2.00 bits per heavy atom. The number of methoxy groups -OCH3 is 1. The summed E-state index contributed by atoms with van der Waals surface area (Å²) in [5, 5.41) is 0. The van der Waals surface area contributed by atoms with Gasteiger partial charge in [0.15, 0.2) is 17.3 Å². The molecular formula is C18H21FN2O3. The maximum atomic E-state index is 13.5. The number of ketones is 1. The average Bonchev–Trinajstić information content (AvgIpc) is 2.49. The molecule has 0 bridgehead atoms. The van der Waals surface area contributed by atoms with Gasteiger partial charge in [0.2, 0.25) is 0 Å². The Balaban J connectivity index is 1.77. The van der Waals surface area contributed by atoms with E-state index in [2.05, 4.69) is 0 Å². The second kappa shape index (κ2) is 5.33. The Morgan fingerprint density at radius 1 is 1.33 bits per heavy atom. The highest BCUT2D eigenvalue weighted by molar-refractivity contribution is 6.00. The van der Waals surface area contributed by atoms with Gasteiger partial charge in [-0.15, -0.1) is 0 Å². The minimum Gasteiger partial charge on any atom is -0.494 e. The molecule has 1 saturated heterocycles. The van der Waals surface area contributed by atoms with Gasteiger partial charge in [0.1, 0.15) is 0 Å². The summed E-state index contributed by atoms with van der Waals surface area (Å²) >= 11 is 0. The zero-order valence-corrected chi connectivity index (χ0v) is 14.1. The lowest BCUT2D eigenvalue weighted by Gasteiger charge is -2.53. The average molecular weight is 332 g/mol. The van der Waals surface area contributed by atoms with E-state index in [0.717, 1.165) is 0 Å². The summed E-state index contributed by atoms with van der Waals surface area (Å²) in [5.74, 6) is -0.677. The van der Waals surface area contributed by atoms with E-state index in [1.807, 2.05) is 13.8 Å². The molecule has 1 fully saturated rings. The van der Waals surface area contributed by atoms with Crippen molar-refractivity contribution in [2.24, 2.45) is 16.6 Å². The number of allylic oxidation sites excluding steroid dienone is 1. The molecule has 1 aliphatic carbocycles. The fourth-order valence-electron chi connectivity index (χ4n) is 3.83. The van der Waals surface area contributed by atoms with Crippen LogP contribution in [0.5, 0.6) is 5.75 Å². The molecule has 2 N–H and O–H groups in total. The first-order valence-electron chi connectivity index (χ1n) is 7.83. The van der Waals surface area contributed by atoms with E-state index < -0.39 is 11.2 Å². The summed E-state index contributed by atoms with van der Waals surface area (Å²) in [7, 11) is 1.36. The van der Waals surface area contributed by atoms with Crippen molar-refractivity contribution < 1.29 is 18.7 Å². The largest absolute Gasteiger partial charge is 0.494 e. The standard InChI is InChI=1S/C18H21FN2O3/c1-17(2)8-18(7-13(20)15(17)22)9-21(10-18)16(23)11-4-5-12(19)14(6-11)24-3/h4-7H,8-10,20H2,1-3H3. The van der Waals surface area contributed by atoms with Gasteiger partial charge in [0.05, 0.1) is 12.8 Å². The molecule has 1 aromatic rings. The van der Waals surface area contributed by atoms with E-state index in [9.17, 15) is 14.0 Å². The number of ether oxygens (including phenoxy) is 1. The number of nitrogens with zero attached hydrogens (tertiary/aromatic N) is 1. The zero-order valence-electron chi connectivity index (χ0n) is 14.1. The number of hydrogen-bond donors (Lipinski definition) is 1. The van der Waals surface area contributed by atoms with Gasteiger partial charge in [-0.2, -0.15) is 0 Å². The van der Waals surface area contributed by atoms with Gasteiger partial charge in [0, 0.05) is 29.5 Å². The van der Waals surface area contributed by atoms with Crippen LogP contribution in [0.15, 0.2) is 30.0 Å². The van der Waals surface area contributed by atoms with Crippen molar-refractivity contribution in [2.75, 3.05) is 20.2 Å². The molecule has 0 saturated carbocycles. The molecule has 0 unspecified atom stereocenters. The van der Waals surface area contributed by atoms with Gasteiger partial charge in [-0.05, 0) is 30.7 Å². The Bertz CT molecular complexity index is 749. The molecule has 0 atom stereocenters. The summed E-state index contributed by atoms with van der Waals surface area (Å²) in [6, 6.07) is 4.08. The lowest BCUT2D eigenvalue weighted by molar-refractivity contribution is -0.127. The van der Waals surface area contributed by atoms with E-state index in [1.165, 1.54) is 25.3 Å². The summed E-state index contributed by atoms with van der Waals surface area (Å²) < 4.78 is 18.4. The van der Waals surface area contributed by atoms with E-state index in [0.29, 0.717) is 25.1 Å². The van der Waals surface area contributed by atoms with Gasteiger partial charge in [0.25, 0.3) is 5.91 Å². The molecule has 2 aliphatic rings. The van der Waals surface area contributed by atoms with E-state index in [4.69, 9.17) is 10.5 Å². The van der Waals surface area contributed by atoms with Crippen molar-refractivity contribution in [2.45, 2.75) is 20.3 Å². The number of carbonyl (C=O) groups excluding carboxylic acids is 2. The van der Waals surface area contributed by atoms with Crippen LogP contribution >= 0.6 is 0 Å². The minimum atomic E-state index is -0.521. The molecule has 1 amide bonds. The van der Waals surface area contributed by atoms with Crippen LogP contribution < -0.4 is 10.5 Å². The maximum absolute atomic E-state index is 13.5. The normalized spacial score (nSPS) is 21.2. The summed E-state index contributed by atoms with van der Waals surface area (Å²) in [5.41, 5.74) is 5.77. The lowest BCUT2D eigenvalue weighted by atomic mass is 9.62. The fraction of sp³-hybridized carbons (Fsp3) is 0.444. The monoisotopic (exact) mass is 332 g/mol. The van der Waals surface area contributed by atoms with Crippen LogP contribution in [-0.4, -0.2) is 36.8 Å². The van der Waals surface area contributed by atoms with Crippen molar-refractivity contribution in [3.05, 3.63) is 41.4 Å². The molecule has 0 radical (unpaired) electrons. The zero-order chi connectivity index (χ0) is 17.7. The minimum absolute atomic E-state index is 0.0406. The second-order valence-electron chi connectivity index (χ2n) is 7.36. The van der Waals surface area contributed by atoms with E-state index in [-0.39, 0.29) is 28.6 Å². The van der Waals surface area contributed by atoms with Crippen LogP contribution in [0.1, 0.15) is 30.6 Å². The van der Waals surface area contributed by atoms with Gasteiger partial charge in [-0.3, -0.25) is 9.59 Å². The Kier molecular flexibility index (Phi) is 3.66. The van der Waals surface area contributed by atoms with Gasteiger partial charge >= 0.3 is 0 Å². The predicted molar refractivity (Wildman–Crippen MR) is 87.0 cm³/mol. The number of amides is 1. The number of hydrogen-bond acceptors (Lipinski definition) is 4. The number of nitrogens with two attached hydrogens (primary N) is 1. The molecule has 1 aromatic carbocycles. The van der Waals surface area contributed by atoms with Crippen LogP contribution in [0, 0.1) is 16.6 Å². The third-order valence-corrected chi connectivity index (χ3v) is 4.83. The Hall–Kier alpha value is -2.37. The lowest BCUT2D eigenvalue weighted by Crippen LogP contribution is -2.61. The van der Waals surface area contributed by atoms with Crippen molar-refractivity contribution in [3.8, 4) is 5.75 Å². The topological polar surface area (TPSA) is 72.6 Å². The molecular weight excluding hydrogens is 311 g/mol. The first-order valence-corrected chi connectivity index (χ1v) is 7.83. The summed E-state index contributed by atoms with van der Waals surface area (Å²) in [4.78, 5) is 26.3. The Morgan fingerprint density at radius 3 is 2.58 bits per heavy atom. The summed E-state index contributed by atoms with van der Waals surface area (Å²) in [6.07, 6.45) is 2.46. The maximum Gasteiger partial charge on any atom is 0.254 e. The quantitative estimate of drug-likeness (QED) is 0.900. The summed E-state index contributed by atoms with van der Waals surface area (Å²) in [6.45, 7) is 4.77. The van der Waals surface area contributed by atoms with E-state index in [1.54, 1.807) is 11.0 Å². The molecule has 0 aromatic heterocycles. The first-order chi connectivity index (χ1) is 11.2. The number of carbonyl (C=O) groups is 2. The van der Waals surface area contributed by atoms with Crippen LogP contribution in [-0.2, 0) is 4.79 Å². The van der Waals surface area contributed by atoms with Crippen molar-refractivity contribution in [1.29, 1.82) is 0 Å². The van der Waals surface area contributed by atoms with Crippen LogP contribution in [0.2, 0.25) is 0 Å². The number of rotatable bonds is 2. The van der Waals surface area contributed by atoms with Crippen LogP contribution in [0.25, 0.3) is 0 Å².